The fourth-order valence-electron chi connectivity index (χ4n) is 7.64. The zero-order valence-corrected chi connectivity index (χ0v) is 30.6. The van der Waals surface area contributed by atoms with E-state index in [1.165, 1.54) is 11.1 Å². The van der Waals surface area contributed by atoms with Gasteiger partial charge in [0.1, 0.15) is 0 Å². The molecule has 12 heteroatoms. The molecule has 2 aliphatic heterocycles. The van der Waals surface area contributed by atoms with Crippen LogP contribution in [-0.4, -0.2) is 56.1 Å². The SMILES string of the molecule is Cn1cc(CNC[C@@H]2CCC(=O)N2)c2ccc(-c3nccc(-c4ccnc(-c5ccc6c(CNC[C@@H]7CCC(=O)N7)cn(C)c6c5)c4Cl)c3Cl)cc21. The first-order valence-electron chi connectivity index (χ1n) is 17.7. The molecule has 0 saturated carbocycles. The van der Waals surface area contributed by atoms with E-state index in [0.29, 0.717) is 47.4 Å². The molecular formula is C40H40Cl2N8O2. The van der Waals surface area contributed by atoms with Crippen molar-refractivity contribution in [3.05, 3.63) is 94.5 Å². The van der Waals surface area contributed by atoms with Crippen LogP contribution in [0.5, 0.6) is 0 Å². The second-order valence-electron chi connectivity index (χ2n) is 13.9. The van der Waals surface area contributed by atoms with Gasteiger partial charge in [-0.05, 0) is 48.2 Å². The van der Waals surface area contributed by atoms with Crippen molar-refractivity contribution in [1.29, 1.82) is 0 Å². The Morgan fingerprint density at radius 1 is 0.692 bits per heavy atom. The molecule has 0 spiro atoms. The van der Waals surface area contributed by atoms with Gasteiger partial charge in [0, 0.05) is 134 Å². The van der Waals surface area contributed by atoms with E-state index in [-0.39, 0.29) is 23.9 Å². The van der Waals surface area contributed by atoms with Crippen LogP contribution in [-0.2, 0) is 36.8 Å². The maximum absolute atomic E-state index is 11.6. The van der Waals surface area contributed by atoms with E-state index in [4.69, 9.17) is 33.2 Å². The predicted molar refractivity (Wildman–Crippen MR) is 207 cm³/mol. The first-order chi connectivity index (χ1) is 25.2. The smallest absolute Gasteiger partial charge is 0.220 e. The quantitative estimate of drug-likeness (QED) is 0.121. The van der Waals surface area contributed by atoms with Crippen molar-refractivity contribution in [3.63, 3.8) is 0 Å². The Bertz CT molecular complexity index is 2180. The molecule has 2 atom stereocenters. The number of carbonyl (C=O) groups is 2. The highest BCUT2D eigenvalue weighted by Crippen LogP contribution is 2.42. The van der Waals surface area contributed by atoms with Gasteiger partial charge >= 0.3 is 0 Å². The molecule has 2 aliphatic rings. The van der Waals surface area contributed by atoms with Gasteiger partial charge in [-0.1, -0.05) is 47.5 Å². The Morgan fingerprint density at radius 3 is 1.54 bits per heavy atom. The van der Waals surface area contributed by atoms with Gasteiger partial charge < -0.3 is 30.4 Å². The van der Waals surface area contributed by atoms with Gasteiger partial charge in [-0.2, -0.15) is 0 Å². The summed E-state index contributed by atoms with van der Waals surface area (Å²) in [4.78, 5) is 32.5. The molecule has 266 valence electrons. The van der Waals surface area contributed by atoms with Crippen molar-refractivity contribution in [3.8, 4) is 33.6 Å². The highest BCUT2D eigenvalue weighted by atomic mass is 35.5. The Kier molecular flexibility index (Phi) is 9.48. The topological polar surface area (TPSA) is 118 Å². The van der Waals surface area contributed by atoms with Gasteiger partial charge in [0.05, 0.1) is 21.4 Å². The fourth-order valence-corrected chi connectivity index (χ4v) is 8.29. The highest BCUT2D eigenvalue weighted by Gasteiger charge is 2.22. The molecule has 2 aromatic carbocycles. The first-order valence-corrected chi connectivity index (χ1v) is 18.4. The number of hydrogen-bond acceptors (Lipinski definition) is 6. The van der Waals surface area contributed by atoms with Crippen LogP contribution in [0.4, 0.5) is 0 Å². The van der Waals surface area contributed by atoms with E-state index in [1.54, 1.807) is 12.4 Å². The van der Waals surface area contributed by atoms with Crippen molar-refractivity contribution in [2.24, 2.45) is 14.1 Å². The standard InChI is InChI=1S/C40H40Cl2N8O2/c1-49-21-25(17-43-19-27-5-9-35(51)47-27)29-7-3-23(15-33(29)49)39-37(41)31(11-13-45-39)32-12-14-46-40(38(32)42)24-4-8-30-26(22-50(2)34(30)16-24)18-44-20-28-6-10-36(52)48-28/h3-4,7-8,11-16,21-22,27-28,43-44H,5-6,9-10,17-20H2,1-2H3,(H,47,51)(H,48,52)/t27-,28-/m0/s1. The molecule has 10 nitrogen and oxygen atoms in total. The molecule has 4 aromatic heterocycles. The van der Waals surface area contributed by atoms with E-state index in [1.807, 2.05) is 26.2 Å². The average molecular weight is 736 g/mol. The van der Waals surface area contributed by atoms with E-state index in [9.17, 15) is 9.59 Å². The molecule has 2 amide bonds. The van der Waals surface area contributed by atoms with E-state index in [2.05, 4.69) is 79.2 Å². The van der Waals surface area contributed by atoms with Gasteiger partial charge in [-0.15, -0.1) is 0 Å². The Hall–Kier alpha value is -4.74. The van der Waals surface area contributed by atoms with E-state index < -0.39 is 0 Å². The van der Waals surface area contributed by atoms with Crippen LogP contribution < -0.4 is 21.3 Å². The normalized spacial score (nSPS) is 17.4. The van der Waals surface area contributed by atoms with Crippen LogP contribution in [0.15, 0.2) is 73.3 Å². The summed E-state index contributed by atoms with van der Waals surface area (Å²) >= 11 is 14.3. The molecule has 2 saturated heterocycles. The predicted octanol–water partition coefficient (Wildman–Crippen LogP) is 6.50. The molecule has 6 heterocycles. The number of fused-ring (bicyclic) bond motifs is 2. The molecule has 0 unspecified atom stereocenters. The number of benzene rings is 2. The minimum Gasteiger partial charge on any atom is -0.352 e. The number of carbonyl (C=O) groups excluding carboxylic acids is 2. The highest BCUT2D eigenvalue weighted by molar-refractivity contribution is 6.39. The summed E-state index contributed by atoms with van der Waals surface area (Å²) in [5.74, 6) is 0.259. The number of hydrogen-bond donors (Lipinski definition) is 4. The molecule has 0 radical (unpaired) electrons. The minimum atomic E-state index is 0.130. The van der Waals surface area contributed by atoms with Crippen molar-refractivity contribution in [1.82, 2.24) is 40.4 Å². The summed E-state index contributed by atoms with van der Waals surface area (Å²) in [5.41, 5.74) is 9.26. The molecule has 6 aromatic rings. The maximum atomic E-state index is 11.6. The lowest BCUT2D eigenvalue weighted by atomic mass is 10.00. The minimum absolute atomic E-state index is 0.130. The number of nitrogens with one attached hydrogen (secondary N) is 4. The van der Waals surface area contributed by atoms with Crippen LogP contribution in [0, 0.1) is 0 Å². The molecule has 8 rings (SSSR count). The van der Waals surface area contributed by atoms with Crippen molar-refractivity contribution in [2.45, 2.75) is 50.9 Å². The Labute approximate surface area is 311 Å². The number of pyridine rings is 2. The number of nitrogens with zero attached hydrogens (tertiary/aromatic N) is 4. The molecule has 0 bridgehead atoms. The molecule has 0 aliphatic carbocycles. The molecule has 2 fully saturated rings. The summed E-state index contributed by atoms with van der Waals surface area (Å²) in [7, 11) is 4.08. The van der Waals surface area contributed by atoms with Crippen LogP contribution >= 0.6 is 23.2 Å². The van der Waals surface area contributed by atoms with E-state index in [0.717, 1.165) is 70.0 Å². The van der Waals surface area contributed by atoms with Gasteiger partial charge in [-0.25, -0.2) is 0 Å². The first kappa shape index (κ1) is 34.4. The molecule has 4 N–H and O–H groups in total. The average Bonchev–Trinajstić information content (AvgIpc) is 3.91. The lowest BCUT2D eigenvalue weighted by Gasteiger charge is -2.13. The third-order valence-corrected chi connectivity index (χ3v) is 11.1. The van der Waals surface area contributed by atoms with Gasteiger partial charge in [0.25, 0.3) is 0 Å². The second kappa shape index (κ2) is 14.4. The third-order valence-electron chi connectivity index (χ3n) is 10.3. The molecular weight excluding hydrogens is 695 g/mol. The zero-order valence-electron chi connectivity index (χ0n) is 29.1. The van der Waals surface area contributed by atoms with Crippen molar-refractivity contribution in [2.75, 3.05) is 13.1 Å². The summed E-state index contributed by atoms with van der Waals surface area (Å²) in [6, 6.07) is 16.8. The summed E-state index contributed by atoms with van der Waals surface area (Å²) in [5, 5.41) is 16.4. The summed E-state index contributed by atoms with van der Waals surface area (Å²) in [6.45, 7) is 2.90. The Morgan fingerprint density at radius 2 is 1.13 bits per heavy atom. The number of rotatable bonds is 11. The lowest BCUT2D eigenvalue weighted by Crippen LogP contribution is -2.35. The largest absolute Gasteiger partial charge is 0.352 e. The van der Waals surface area contributed by atoms with Gasteiger partial charge in [0.2, 0.25) is 11.8 Å². The van der Waals surface area contributed by atoms with Crippen LogP contribution in [0.25, 0.3) is 55.4 Å². The Balaban J connectivity index is 1.03. The summed E-state index contributed by atoms with van der Waals surface area (Å²) < 4.78 is 4.24. The van der Waals surface area contributed by atoms with Crippen molar-refractivity contribution >= 4 is 56.8 Å². The van der Waals surface area contributed by atoms with E-state index >= 15 is 0 Å². The maximum Gasteiger partial charge on any atom is 0.220 e. The third kappa shape index (κ3) is 6.67. The summed E-state index contributed by atoms with van der Waals surface area (Å²) in [6.07, 6.45) is 10.8. The number of amides is 2. The number of halogens is 2. The van der Waals surface area contributed by atoms with Crippen molar-refractivity contribution < 1.29 is 9.59 Å². The van der Waals surface area contributed by atoms with Crippen LogP contribution in [0.3, 0.4) is 0 Å². The van der Waals surface area contributed by atoms with Crippen LogP contribution in [0.2, 0.25) is 10.0 Å². The van der Waals surface area contributed by atoms with Gasteiger partial charge in [-0.3, -0.25) is 19.6 Å². The van der Waals surface area contributed by atoms with Crippen LogP contribution in [0.1, 0.15) is 36.8 Å². The number of aryl methyl sites for hydroxylation is 2. The number of aromatic nitrogens is 4. The lowest BCUT2D eigenvalue weighted by molar-refractivity contribution is -0.120. The zero-order chi connectivity index (χ0) is 35.9. The molecule has 52 heavy (non-hydrogen) atoms. The van der Waals surface area contributed by atoms with Gasteiger partial charge in [0.15, 0.2) is 0 Å². The fraction of sp³-hybridized carbons (Fsp3) is 0.300. The second-order valence-corrected chi connectivity index (χ2v) is 14.7. The monoisotopic (exact) mass is 734 g/mol.